The molecule has 0 aliphatic carbocycles. The van der Waals surface area contributed by atoms with E-state index in [2.05, 4.69) is 10.2 Å². The summed E-state index contributed by atoms with van der Waals surface area (Å²) in [4.78, 5) is 33.8. The largest absolute Gasteiger partial charge is 0.459 e. The lowest BCUT2D eigenvalue weighted by molar-refractivity contribution is 0.0678. The van der Waals surface area contributed by atoms with Crippen LogP contribution in [0.4, 0.5) is 0 Å². The van der Waals surface area contributed by atoms with Gasteiger partial charge in [-0.25, -0.2) is 0 Å². The van der Waals surface area contributed by atoms with Crippen molar-refractivity contribution in [2.24, 2.45) is 0 Å². The van der Waals surface area contributed by atoms with Gasteiger partial charge in [0.1, 0.15) is 0 Å². The Hall–Kier alpha value is -2.67. The van der Waals surface area contributed by atoms with Gasteiger partial charge in [0, 0.05) is 31.2 Å². The van der Waals surface area contributed by atoms with Crippen LogP contribution in [-0.4, -0.2) is 66.9 Å². The van der Waals surface area contributed by atoms with Crippen molar-refractivity contribution < 1.29 is 14.0 Å². The van der Waals surface area contributed by atoms with Crippen LogP contribution < -0.4 is 5.32 Å². The highest BCUT2D eigenvalue weighted by Gasteiger charge is 2.29. The van der Waals surface area contributed by atoms with E-state index in [9.17, 15) is 9.59 Å². The molecule has 3 heterocycles. The number of aromatic nitrogens is 1. The van der Waals surface area contributed by atoms with Crippen molar-refractivity contribution in [2.45, 2.75) is 32.1 Å². The number of rotatable bonds is 7. The third-order valence-electron chi connectivity index (χ3n) is 5.28. The Labute approximate surface area is 172 Å². The molecule has 2 amide bonds. The summed E-state index contributed by atoms with van der Waals surface area (Å²) in [5, 5.41) is 3.02. The number of hydrogen-bond acceptors (Lipinski definition) is 5. The second-order valence-electron chi connectivity index (χ2n) is 7.84. The Morgan fingerprint density at radius 2 is 2.00 bits per heavy atom. The first-order valence-corrected chi connectivity index (χ1v) is 10.2. The van der Waals surface area contributed by atoms with Crippen molar-refractivity contribution in [2.75, 3.05) is 40.3 Å². The van der Waals surface area contributed by atoms with Gasteiger partial charge in [0.2, 0.25) is 0 Å². The Balaban J connectivity index is 1.64. The van der Waals surface area contributed by atoms with Crippen LogP contribution in [0.3, 0.4) is 0 Å². The fourth-order valence-electron chi connectivity index (χ4n) is 3.68. The lowest BCUT2D eigenvalue weighted by Crippen LogP contribution is -2.38. The van der Waals surface area contributed by atoms with Crippen LogP contribution >= 0.6 is 0 Å². The molecule has 1 fully saturated rings. The van der Waals surface area contributed by atoms with Crippen LogP contribution in [0.2, 0.25) is 0 Å². The summed E-state index contributed by atoms with van der Waals surface area (Å²) in [6, 6.07) is 7.17. The predicted octanol–water partition coefficient (Wildman–Crippen LogP) is 2.68. The van der Waals surface area contributed by atoms with Gasteiger partial charge in [0.05, 0.1) is 17.5 Å². The van der Waals surface area contributed by atoms with E-state index in [1.54, 1.807) is 12.1 Å². The summed E-state index contributed by atoms with van der Waals surface area (Å²) in [5.74, 6) is 0.387. The second kappa shape index (κ2) is 9.69. The number of likely N-dealkylation sites (tertiary alicyclic amines) is 1. The van der Waals surface area contributed by atoms with Crippen molar-refractivity contribution in [1.82, 2.24) is 20.1 Å². The highest BCUT2D eigenvalue weighted by molar-refractivity contribution is 5.95. The first-order chi connectivity index (χ1) is 14.0. The summed E-state index contributed by atoms with van der Waals surface area (Å²) in [6.07, 6.45) is 3.98. The molecule has 3 rings (SSSR count). The smallest absolute Gasteiger partial charge is 0.289 e. The van der Waals surface area contributed by atoms with E-state index < -0.39 is 0 Å². The monoisotopic (exact) mass is 398 g/mol. The molecule has 1 N–H and O–H groups in total. The molecule has 7 heteroatoms. The quantitative estimate of drug-likeness (QED) is 0.726. The van der Waals surface area contributed by atoms with Gasteiger partial charge in [-0.05, 0) is 71.1 Å². The zero-order valence-corrected chi connectivity index (χ0v) is 17.5. The maximum atomic E-state index is 12.8. The first kappa shape index (κ1) is 21.0. The SMILES string of the molecule is Cc1ccc(C(=O)NCCCN(C)C)c(C2CCN(C(=O)c3ccco3)CC2)n1. The third-order valence-corrected chi connectivity index (χ3v) is 5.28. The van der Waals surface area contributed by atoms with E-state index in [0.717, 1.165) is 37.2 Å². The fraction of sp³-hybridized carbons (Fsp3) is 0.500. The average molecular weight is 399 g/mol. The summed E-state index contributed by atoms with van der Waals surface area (Å²) >= 11 is 0. The zero-order chi connectivity index (χ0) is 20.8. The van der Waals surface area contributed by atoms with Crippen molar-refractivity contribution in [3.8, 4) is 0 Å². The van der Waals surface area contributed by atoms with Crippen LogP contribution in [0.1, 0.15) is 57.5 Å². The number of pyridine rings is 1. The molecule has 29 heavy (non-hydrogen) atoms. The number of hydrogen-bond donors (Lipinski definition) is 1. The molecule has 1 aliphatic rings. The molecule has 7 nitrogen and oxygen atoms in total. The maximum absolute atomic E-state index is 12.8. The number of nitrogens with one attached hydrogen (secondary N) is 1. The van der Waals surface area contributed by atoms with Crippen LogP contribution in [0.25, 0.3) is 0 Å². The van der Waals surface area contributed by atoms with Gasteiger partial charge in [-0.1, -0.05) is 0 Å². The topological polar surface area (TPSA) is 78.7 Å². The van der Waals surface area contributed by atoms with Crippen LogP contribution in [0, 0.1) is 6.92 Å². The number of furan rings is 1. The van der Waals surface area contributed by atoms with Gasteiger partial charge in [-0.3, -0.25) is 14.6 Å². The summed E-state index contributed by atoms with van der Waals surface area (Å²) in [6.45, 7) is 4.77. The summed E-state index contributed by atoms with van der Waals surface area (Å²) in [5.41, 5.74) is 2.40. The van der Waals surface area contributed by atoms with Crippen molar-refractivity contribution in [3.63, 3.8) is 0 Å². The minimum atomic E-state index is -0.0792. The Kier molecular flexibility index (Phi) is 7.04. The van der Waals surface area contributed by atoms with Crippen molar-refractivity contribution in [1.29, 1.82) is 0 Å². The Morgan fingerprint density at radius 1 is 1.24 bits per heavy atom. The molecular formula is C22H30N4O3. The maximum Gasteiger partial charge on any atom is 0.289 e. The number of carbonyl (C=O) groups excluding carboxylic acids is 2. The molecule has 0 radical (unpaired) electrons. The Morgan fingerprint density at radius 3 is 2.66 bits per heavy atom. The number of aryl methyl sites for hydroxylation is 1. The Bertz CT molecular complexity index is 825. The normalized spacial score (nSPS) is 15.0. The number of amides is 2. The van der Waals surface area contributed by atoms with Gasteiger partial charge in [-0.15, -0.1) is 0 Å². The molecule has 0 spiro atoms. The van der Waals surface area contributed by atoms with E-state index in [1.165, 1.54) is 6.26 Å². The molecule has 1 aliphatic heterocycles. The van der Waals surface area contributed by atoms with E-state index in [1.807, 2.05) is 38.1 Å². The molecule has 156 valence electrons. The molecule has 2 aromatic rings. The van der Waals surface area contributed by atoms with E-state index in [-0.39, 0.29) is 17.7 Å². The van der Waals surface area contributed by atoms with E-state index >= 15 is 0 Å². The highest BCUT2D eigenvalue weighted by Crippen LogP contribution is 2.30. The highest BCUT2D eigenvalue weighted by atomic mass is 16.3. The lowest BCUT2D eigenvalue weighted by atomic mass is 9.89. The number of carbonyl (C=O) groups is 2. The first-order valence-electron chi connectivity index (χ1n) is 10.2. The minimum Gasteiger partial charge on any atom is -0.459 e. The minimum absolute atomic E-state index is 0.0691. The number of nitrogens with zero attached hydrogens (tertiary/aromatic N) is 3. The van der Waals surface area contributed by atoms with E-state index in [0.29, 0.717) is 31.0 Å². The van der Waals surface area contributed by atoms with Crippen LogP contribution in [-0.2, 0) is 0 Å². The third kappa shape index (κ3) is 5.44. The van der Waals surface area contributed by atoms with Crippen LogP contribution in [0.15, 0.2) is 34.9 Å². The van der Waals surface area contributed by atoms with Crippen molar-refractivity contribution >= 4 is 11.8 Å². The van der Waals surface area contributed by atoms with Gasteiger partial charge >= 0.3 is 0 Å². The number of piperidine rings is 1. The molecule has 2 aromatic heterocycles. The van der Waals surface area contributed by atoms with Crippen molar-refractivity contribution in [3.05, 3.63) is 53.2 Å². The van der Waals surface area contributed by atoms with E-state index in [4.69, 9.17) is 9.40 Å². The zero-order valence-electron chi connectivity index (χ0n) is 17.5. The van der Waals surface area contributed by atoms with Gasteiger partial charge < -0.3 is 19.5 Å². The molecular weight excluding hydrogens is 368 g/mol. The van der Waals surface area contributed by atoms with Gasteiger partial charge in [0.15, 0.2) is 5.76 Å². The fourth-order valence-corrected chi connectivity index (χ4v) is 3.68. The molecule has 0 atom stereocenters. The second-order valence-corrected chi connectivity index (χ2v) is 7.84. The molecule has 1 saturated heterocycles. The molecule has 0 saturated carbocycles. The average Bonchev–Trinajstić information content (AvgIpc) is 3.25. The molecule has 0 aromatic carbocycles. The standard InChI is InChI=1S/C22H30N4O3/c1-16-7-8-18(21(27)23-11-5-12-25(2)3)20(24-16)17-9-13-26(14-10-17)22(28)19-6-4-15-29-19/h4,6-8,15,17H,5,9-14H2,1-3H3,(H,23,27). The summed E-state index contributed by atoms with van der Waals surface area (Å²) < 4.78 is 5.23. The summed E-state index contributed by atoms with van der Waals surface area (Å²) in [7, 11) is 4.04. The van der Waals surface area contributed by atoms with Crippen LogP contribution in [0.5, 0.6) is 0 Å². The van der Waals surface area contributed by atoms with Gasteiger partial charge in [-0.2, -0.15) is 0 Å². The molecule has 0 unspecified atom stereocenters. The predicted molar refractivity (Wildman–Crippen MR) is 111 cm³/mol. The lowest BCUT2D eigenvalue weighted by Gasteiger charge is -2.32. The molecule has 0 bridgehead atoms. The van der Waals surface area contributed by atoms with Gasteiger partial charge in [0.25, 0.3) is 11.8 Å².